The molecule has 0 saturated carbocycles. The zero-order valence-corrected chi connectivity index (χ0v) is 12.9. The van der Waals surface area contributed by atoms with Crippen molar-refractivity contribution >= 4 is 12.6 Å². The maximum atomic E-state index is 12.2. The van der Waals surface area contributed by atoms with Crippen LogP contribution in [0.5, 0.6) is 0 Å². The number of thiol groups is 1. The topological polar surface area (TPSA) is 34.9 Å². The highest BCUT2D eigenvalue weighted by atomic mass is 32.1. The molecule has 0 saturated heterocycles. The highest BCUT2D eigenvalue weighted by molar-refractivity contribution is 7.79. The van der Waals surface area contributed by atoms with Crippen LogP contribution in [0.1, 0.15) is 30.9 Å². The van der Waals surface area contributed by atoms with Crippen LogP contribution < -0.4 is 5.56 Å². The van der Waals surface area contributed by atoms with E-state index >= 15 is 0 Å². The predicted molar refractivity (Wildman–Crippen MR) is 86.3 cm³/mol. The first-order valence-electron chi connectivity index (χ1n) is 6.94. The lowest BCUT2D eigenvalue weighted by molar-refractivity contribution is 0.542. The Labute approximate surface area is 125 Å². The second-order valence-corrected chi connectivity index (χ2v) is 5.28. The Hall–Kier alpha value is -1.55. The van der Waals surface area contributed by atoms with E-state index in [1.807, 2.05) is 18.2 Å². The number of benzene rings is 1. The average molecular weight is 288 g/mol. The van der Waals surface area contributed by atoms with Gasteiger partial charge < -0.3 is 0 Å². The van der Waals surface area contributed by atoms with Crippen molar-refractivity contribution in [3.63, 3.8) is 0 Å². The van der Waals surface area contributed by atoms with Crippen molar-refractivity contribution in [2.45, 2.75) is 39.0 Å². The molecule has 0 fully saturated rings. The number of unbranched alkanes of at least 4 members (excludes halogenated alkanes) is 1. The van der Waals surface area contributed by atoms with Gasteiger partial charge in [-0.15, -0.1) is 0 Å². The molecule has 0 aliphatic heterocycles. The number of hydrogen-bond acceptors (Lipinski definition) is 3. The molecule has 0 aliphatic carbocycles. The molecule has 2 rings (SSSR count). The molecule has 0 atom stereocenters. The molecule has 2 aromatic rings. The number of aromatic nitrogens is 2. The molecule has 0 amide bonds. The smallest absolute Gasteiger partial charge is 0.267 e. The fraction of sp³-hybridized carbons (Fsp3) is 0.375. The summed E-state index contributed by atoms with van der Waals surface area (Å²) in [5.41, 5.74) is 3.76. The van der Waals surface area contributed by atoms with Crippen LogP contribution in [0.2, 0.25) is 0 Å². The van der Waals surface area contributed by atoms with Gasteiger partial charge in [-0.25, -0.2) is 4.68 Å². The summed E-state index contributed by atoms with van der Waals surface area (Å²) in [4.78, 5) is 12.2. The third kappa shape index (κ3) is 3.31. The highest BCUT2D eigenvalue weighted by Gasteiger charge is 2.08. The van der Waals surface area contributed by atoms with Crippen LogP contribution in [0.25, 0.3) is 11.3 Å². The van der Waals surface area contributed by atoms with Crippen molar-refractivity contribution in [2.75, 3.05) is 0 Å². The van der Waals surface area contributed by atoms with Gasteiger partial charge in [-0.2, -0.15) is 17.7 Å². The summed E-state index contributed by atoms with van der Waals surface area (Å²) in [6.07, 6.45) is 2.00. The van der Waals surface area contributed by atoms with Crippen molar-refractivity contribution in [3.05, 3.63) is 51.8 Å². The quantitative estimate of drug-likeness (QED) is 0.855. The van der Waals surface area contributed by atoms with E-state index in [2.05, 4.69) is 43.7 Å². The summed E-state index contributed by atoms with van der Waals surface area (Å²) < 4.78 is 1.57. The maximum Gasteiger partial charge on any atom is 0.270 e. The summed E-state index contributed by atoms with van der Waals surface area (Å²) in [5.74, 6) is 0.437. The first-order valence-corrected chi connectivity index (χ1v) is 7.58. The Morgan fingerprint density at radius 1 is 1.25 bits per heavy atom. The molecule has 0 spiro atoms. The molecule has 106 valence electrons. The molecule has 3 nitrogen and oxygen atoms in total. The Morgan fingerprint density at radius 3 is 2.55 bits per heavy atom. The summed E-state index contributed by atoms with van der Waals surface area (Å²) in [6, 6.07) is 10.0. The summed E-state index contributed by atoms with van der Waals surface area (Å²) >= 11 is 4.25. The highest BCUT2D eigenvalue weighted by Crippen LogP contribution is 2.17. The van der Waals surface area contributed by atoms with Crippen LogP contribution in [0.3, 0.4) is 0 Å². The van der Waals surface area contributed by atoms with E-state index in [-0.39, 0.29) is 5.56 Å². The van der Waals surface area contributed by atoms with Crippen molar-refractivity contribution in [2.24, 2.45) is 0 Å². The van der Waals surface area contributed by atoms with Crippen molar-refractivity contribution in [1.82, 2.24) is 9.78 Å². The number of rotatable bonds is 5. The molecule has 20 heavy (non-hydrogen) atoms. The van der Waals surface area contributed by atoms with Crippen LogP contribution in [0, 0.1) is 6.92 Å². The first kappa shape index (κ1) is 14.9. The number of nitrogens with zero attached hydrogens (tertiary/aromatic N) is 2. The Balaban J connectivity index is 2.47. The van der Waals surface area contributed by atoms with Crippen LogP contribution in [-0.2, 0) is 12.3 Å². The second kappa shape index (κ2) is 6.75. The van der Waals surface area contributed by atoms with Crippen molar-refractivity contribution in [1.29, 1.82) is 0 Å². The van der Waals surface area contributed by atoms with Gasteiger partial charge >= 0.3 is 0 Å². The summed E-state index contributed by atoms with van der Waals surface area (Å²) in [5, 5.41) is 4.49. The van der Waals surface area contributed by atoms with Gasteiger partial charge in [-0.1, -0.05) is 43.2 Å². The minimum atomic E-state index is -0.0238. The Kier molecular flexibility index (Phi) is 5.01. The van der Waals surface area contributed by atoms with E-state index in [1.54, 1.807) is 4.68 Å². The van der Waals surface area contributed by atoms with E-state index in [0.717, 1.165) is 24.1 Å². The minimum absolute atomic E-state index is 0.0238. The third-order valence-electron chi connectivity index (χ3n) is 3.29. The fourth-order valence-electron chi connectivity index (χ4n) is 2.03. The maximum absolute atomic E-state index is 12.2. The lowest BCUT2D eigenvalue weighted by Crippen LogP contribution is -2.26. The van der Waals surface area contributed by atoms with Crippen molar-refractivity contribution < 1.29 is 0 Å². The standard InChI is InChI=1S/C16H20N2OS/c1-3-4-9-18-16(19)14(11-20)10-15(17-18)13-7-5-12(2)6-8-13/h5-8,10,20H,3-4,9,11H2,1-2H3. The molecule has 4 heteroatoms. The molecular formula is C16H20N2OS. The average Bonchev–Trinajstić information content (AvgIpc) is 2.47. The second-order valence-electron chi connectivity index (χ2n) is 4.96. The Bertz CT molecular complexity index is 632. The van der Waals surface area contributed by atoms with Gasteiger partial charge in [0.25, 0.3) is 5.56 Å². The molecule has 0 aliphatic rings. The fourth-order valence-corrected chi connectivity index (χ4v) is 2.26. The lowest BCUT2D eigenvalue weighted by Gasteiger charge is -2.09. The Morgan fingerprint density at radius 2 is 1.95 bits per heavy atom. The third-order valence-corrected chi connectivity index (χ3v) is 3.63. The molecular weight excluding hydrogens is 268 g/mol. The van der Waals surface area contributed by atoms with Crippen LogP contribution in [0.4, 0.5) is 0 Å². The van der Waals surface area contributed by atoms with Gasteiger partial charge in [0, 0.05) is 23.4 Å². The zero-order chi connectivity index (χ0) is 14.5. The molecule has 0 N–H and O–H groups in total. The summed E-state index contributed by atoms with van der Waals surface area (Å²) in [6.45, 7) is 4.82. The van der Waals surface area contributed by atoms with Crippen molar-refractivity contribution in [3.8, 4) is 11.3 Å². The number of aryl methyl sites for hydroxylation is 2. The lowest BCUT2D eigenvalue weighted by atomic mass is 10.1. The first-order chi connectivity index (χ1) is 9.65. The molecule has 0 bridgehead atoms. The van der Waals surface area contributed by atoms with E-state index in [1.165, 1.54) is 5.56 Å². The predicted octanol–water partition coefficient (Wildman–Crippen LogP) is 3.45. The van der Waals surface area contributed by atoms with Crippen LogP contribution in [0.15, 0.2) is 35.1 Å². The van der Waals surface area contributed by atoms with E-state index in [0.29, 0.717) is 17.9 Å². The SMILES string of the molecule is CCCCn1nc(-c2ccc(C)cc2)cc(CS)c1=O. The zero-order valence-electron chi connectivity index (χ0n) is 12.0. The summed E-state index contributed by atoms with van der Waals surface area (Å²) in [7, 11) is 0. The molecule has 1 aromatic carbocycles. The van der Waals surface area contributed by atoms with Gasteiger partial charge in [-0.05, 0) is 19.4 Å². The van der Waals surface area contributed by atoms with Gasteiger partial charge in [0.1, 0.15) is 0 Å². The van der Waals surface area contributed by atoms with E-state index in [4.69, 9.17) is 0 Å². The largest absolute Gasteiger partial charge is 0.270 e. The van der Waals surface area contributed by atoms with Gasteiger partial charge in [-0.3, -0.25) is 4.79 Å². The van der Waals surface area contributed by atoms with E-state index in [9.17, 15) is 4.79 Å². The molecule has 0 unspecified atom stereocenters. The van der Waals surface area contributed by atoms with Crippen LogP contribution >= 0.6 is 12.6 Å². The number of hydrogen-bond donors (Lipinski definition) is 1. The van der Waals surface area contributed by atoms with Crippen LogP contribution in [-0.4, -0.2) is 9.78 Å². The van der Waals surface area contributed by atoms with Gasteiger partial charge in [0.05, 0.1) is 5.69 Å². The molecule has 1 aromatic heterocycles. The normalized spacial score (nSPS) is 10.8. The monoisotopic (exact) mass is 288 g/mol. The minimum Gasteiger partial charge on any atom is -0.267 e. The van der Waals surface area contributed by atoms with Gasteiger partial charge in [0.15, 0.2) is 0 Å². The molecule has 0 radical (unpaired) electrons. The van der Waals surface area contributed by atoms with E-state index < -0.39 is 0 Å². The molecule has 1 heterocycles. The van der Waals surface area contributed by atoms with Gasteiger partial charge in [0.2, 0.25) is 0 Å².